The molecule has 2 aliphatic heterocycles. The third-order valence-electron chi connectivity index (χ3n) is 8.00. The molecular weight excluding hydrogens is 448 g/mol. The molecule has 190 valence electrons. The van der Waals surface area contributed by atoms with Gasteiger partial charge in [-0.15, -0.1) is 0 Å². The van der Waals surface area contributed by atoms with Crippen molar-refractivity contribution in [2.45, 2.75) is 96.1 Å². The van der Waals surface area contributed by atoms with Gasteiger partial charge in [-0.3, -0.25) is 14.4 Å². The molecule has 2 saturated heterocycles. The number of epoxide rings is 1. The van der Waals surface area contributed by atoms with E-state index in [1.165, 1.54) is 27.7 Å². The Morgan fingerprint density at radius 2 is 1.85 bits per heavy atom. The van der Waals surface area contributed by atoms with Crippen LogP contribution < -0.4 is 0 Å². The van der Waals surface area contributed by atoms with Crippen molar-refractivity contribution in [3.8, 4) is 0 Å². The van der Waals surface area contributed by atoms with Crippen molar-refractivity contribution < 1.29 is 48.3 Å². The van der Waals surface area contributed by atoms with Gasteiger partial charge in [-0.1, -0.05) is 13.0 Å². The molecule has 0 unspecified atom stereocenters. The van der Waals surface area contributed by atoms with Crippen molar-refractivity contribution in [2.24, 2.45) is 10.8 Å². The minimum Gasteiger partial charge on any atom is -0.465 e. The Bertz CT molecular complexity index is 915. The van der Waals surface area contributed by atoms with Gasteiger partial charge in [0.15, 0.2) is 0 Å². The average molecular weight is 483 g/mol. The van der Waals surface area contributed by atoms with Crippen molar-refractivity contribution in [2.75, 3.05) is 13.2 Å². The van der Waals surface area contributed by atoms with E-state index >= 15 is 0 Å². The Labute approximate surface area is 198 Å². The predicted octanol–water partition coefficient (Wildman–Crippen LogP) is 0.808. The van der Waals surface area contributed by atoms with E-state index in [1.807, 2.05) is 19.9 Å². The molecule has 2 N–H and O–H groups in total. The molecule has 0 radical (unpaired) electrons. The molecule has 0 aromatic heterocycles. The summed E-state index contributed by atoms with van der Waals surface area (Å²) in [6.45, 7) is 9.43. The Hall–Kier alpha value is -2.01. The average Bonchev–Trinajstić information content (AvgIpc) is 3.47. The van der Waals surface area contributed by atoms with Gasteiger partial charge in [-0.25, -0.2) is 0 Å². The number of aliphatic hydroxyl groups is 2. The molecule has 8 atom stereocenters. The van der Waals surface area contributed by atoms with Gasteiger partial charge in [0, 0.05) is 20.3 Å². The van der Waals surface area contributed by atoms with Crippen molar-refractivity contribution in [3.63, 3.8) is 0 Å². The zero-order valence-electron chi connectivity index (χ0n) is 20.5. The molecule has 0 aromatic carbocycles. The molecule has 0 amide bonds. The molecule has 34 heavy (non-hydrogen) atoms. The van der Waals surface area contributed by atoms with E-state index in [1.54, 1.807) is 0 Å². The summed E-state index contributed by atoms with van der Waals surface area (Å²) in [5, 5.41) is 21.2. The van der Waals surface area contributed by atoms with Crippen LogP contribution >= 0.6 is 0 Å². The quantitative estimate of drug-likeness (QED) is 0.242. The fraction of sp³-hybridized carbons (Fsp3) is 0.792. The van der Waals surface area contributed by atoms with Crippen LogP contribution in [0.25, 0.3) is 0 Å². The van der Waals surface area contributed by atoms with Crippen LogP contribution in [0.5, 0.6) is 0 Å². The highest BCUT2D eigenvalue weighted by Gasteiger charge is 2.86. The number of fused-ring (bicyclic) bond motifs is 2. The molecule has 4 aliphatic rings. The van der Waals surface area contributed by atoms with Crippen molar-refractivity contribution in [1.29, 1.82) is 0 Å². The monoisotopic (exact) mass is 482 g/mol. The van der Waals surface area contributed by atoms with E-state index < -0.39 is 70.5 Å². The zero-order valence-corrected chi connectivity index (χ0v) is 20.5. The number of carbonyl (C=O) groups is 3. The van der Waals surface area contributed by atoms with E-state index in [0.29, 0.717) is 0 Å². The van der Waals surface area contributed by atoms with Crippen LogP contribution in [0.3, 0.4) is 0 Å². The van der Waals surface area contributed by atoms with Gasteiger partial charge in [0.25, 0.3) is 0 Å². The highest BCUT2D eigenvalue weighted by atomic mass is 16.7. The number of rotatable bonds is 6. The normalized spacial score (nSPS) is 42.5. The summed E-state index contributed by atoms with van der Waals surface area (Å²) in [6, 6.07) is 0. The van der Waals surface area contributed by atoms with Crippen LogP contribution in [-0.4, -0.2) is 83.1 Å². The maximum atomic E-state index is 12.6. The van der Waals surface area contributed by atoms with Gasteiger partial charge < -0.3 is 33.9 Å². The first-order valence-electron chi connectivity index (χ1n) is 11.6. The van der Waals surface area contributed by atoms with E-state index in [9.17, 15) is 24.6 Å². The molecule has 1 saturated carbocycles. The second-order valence-corrected chi connectivity index (χ2v) is 10.9. The van der Waals surface area contributed by atoms with Crippen LogP contribution in [0.15, 0.2) is 11.6 Å². The molecule has 3 fully saturated rings. The van der Waals surface area contributed by atoms with Gasteiger partial charge in [0.1, 0.15) is 36.6 Å². The summed E-state index contributed by atoms with van der Waals surface area (Å²) in [4.78, 5) is 36.5. The number of ether oxygens (including phenoxy) is 5. The molecule has 4 rings (SSSR count). The first-order valence-corrected chi connectivity index (χ1v) is 11.6. The Kier molecular flexibility index (Phi) is 5.91. The Morgan fingerprint density at radius 1 is 1.21 bits per heavy atom. The van der Waals surface area contributed by atoms with Crippen molar-refractivity contribution in [1.82, 2.24) is 0 Å². The largest absolute Gasteiger partial charge is 0.465 e. The molecule has 2 aliphatic carbocycles. The summed E-state index contributed by atoms with van der Waals surface area (Å²) in [7, 11) is 0. The number of carbonyl (C=O) groups excluding carboxylic acids is 3. The van der Waals surface area contributed by atoms with Gasteiger partial charge >= 0.3 is 17.9 Å². The topological polar surface area (TPSA) is 141 Å². The van der Waals surface area contributed by atoms with Crippen molar-refractivity contribution >= 4 is 17.9 Å². The fourth-order valence-electron chi connectivity index (χ4n) is 6.27. The maximum Gasteiger partial charge on any atom is 0.309 e. The molecule has 0 aromatic rings. The number of hydrogen-bond acceptors (Lipinski definition) is 10. The number of esters is 3. The van der Waals surface area contributed by atoms with Crippen LogP contribution in [0.4, 0.5) is 0 Å². The van der Waals surface area contributed by atoms with Gasteiger partial charge in [0.05, 0.1) is 35.6 Å². The minimum atomic E-state index is -1.24. The molecule has 10 nitrogen and oxygen atoms in total. The van der Waals surface area contributed by atoms with Crippen LogP contribution in [0.2, 0.25) is 0 Å². The van der Waals surface area contributed by atoms with Crippen LogP contribution in [0.1, 0.15) is 54.4 Å². The molecule has 2 heterocycles. The lowest BCUT2D eigenvalue weighted by Gasteiger charge is -2.58. The molecule has 2 bridgehead atoms. The first-order chi connectivity index (χ1) is 15.7. The van der Waals surface area contributed by atoms with E-state index in [2.05, 4.69) is 0 Å². The van der Waals surface area contributed by atoms with Gasteiger partial charge in [-0.05, 0) is 26.3 Å². The zero-order chi connectivity index (χ0) is 25.3. The maximum absolute atomic E-state index is 12.6. The lowest BCUT2D eigenvalue weighted by atomic mass is 9.51. The fourth-order valence-corrected chi connectivity index (χ4v) is 6.27. The van der Waals surface area contributed by atoms with E-state index in [0.717, 1.165) is 5.57 Å². The Balaban J connectivity index is 1.78. The van der Waals surface area contributed by atoms with Gasteiger partial charge in [-0.2, -0.15) is 0 Å². The second-order valence-electron chi connectivity index (χ2n) is 10.9. The SMILES string of the molecule is CC(=O)OC[C@]12C[C@H](OC(=O)CC(C)(C)O)C(C)=C[C@H]1O[C@@H]1[C@H](O)[C@@H](OC(C)=O)[C@@]2(C)[C@]12CO2. The molecule has 1 spiro atoms. The summed E-state index contributed by atoms with van der Waals surface area (Å²) < 4.78 is 29.2. The third kappa shape index (κ3) is 3.66. The summed E-state index contributed by atoms with van der Waals surface area (Å²) in [5.41, 5.74) is -3.50. The second kappa shape index (κ2) is 8.01. The highest BCUT2D eigenvalue weighted by Crippen LogP contribution is 2.72. The predicted molar refractivity (Wildman–Crippen MR) is 115 cm³/mol. The van der Waals surface area contributed by atoms with E-state index in [4.69, 9.17) is 23.7 Å². The first kappa shape index (κ1) is 25.1. The van der Waals surface area contributed by atoms with Gasteiger partial charge in [0.2, 0.25) is 0 Å². The minimum absolute atomic E-state index is 0.116. The summed E-state index contributed by atoms with van der Waals surface area (Å²) >= 11 is 0. The van der Waals surface area contributed by atoms with E-state index in [-0.39, 0.29) is 26.1 Å². The summed E-state index contributed by atoms with van der Waals surface area (Å²) in [5.74, 6) is -1.65. The van der Waals surface area contributed by atoms with Crippen molar-refractivity contribution in [3.05, 3.63) is 11.6 Å². The number of aliphatic hydroxyl groups excluding tert-OH is 1. The highest BCUT2D eigenvalue weighted by molar-refractivity contribution is 5.71. The lowest BCUT2D eigenvalue weighted by Crippen LogP contribution is -2.68. The molecular formula is C24H34O10. The Morgan fingerprint density at radius 3 is 2.38 bits per heavy atom. The summed E-state index contributed by atoms with van der Waals surface area (Å²) in [6.07, 6.45) is -2.40. The standard InChI is InChI=1S/C24H34O10/c1-12-7-16-23(10-30-13(2)25,8-15(12)33-17(27)9-21(4,5)29)22(6)19(32-14(3)26)18(28)20(34-16)24(22)11-31-24/h7,15-16,18-20,28-29H,8-11H2,1-6H3/t15-,16+,18+,19+,20+,22+,23+,24-/m0/s1. The molecule has 10 heteroatoms. The third-order valence-corrected chi connectivity index (χ3v) is 8.00. The van der Waals surface area contributed by atoms with Crippen LogP contribution in [-0.2, 0) is 38.1 Å². The number of hydrogen-bond donors (Lipinski definition) is 2. The van der Waals surface area contributed by atoms with Crippen LogP contribution in [0, 0.1) is 10.8 Å². The lowest BCUT2D eigenvalue weighted by molar-refractivity contribution is -0.241. The smallest absolute Gasteiger partial charge is 0.309 e.